The molecule has 2 heteroatoms. The third-order valence-corrected chi connectivity index (χ3v) is 9.10. The van der Waals surface area contributed by atoms with Crippen molar-refractivity contribution in [1.29, 1.82) is 0 Å². The molecule has 0 aliphatic rings. The van der Waals surface area contributed by atoms with Crippen molar-refractivity contribution in [2.75, 3.05) is 7.11 Å². The Labute approximate surface area is 123 Å². The summed E-state index contributed by atoms with van der Waals surface area (Å²) in [5, 5.41) is 2.90. The van der Waals surface area contributed by atoms with E-state index in [2.05, 4.69) is 74.1 Å². The van der Waals surface area contributed by atoms with Crippen molar-refractivity contribution in [1.82, 2.24) is 0 Å². The number of hydrogen-bond acceptors (Lipinski definition) is 1. The van der Waals surface area contributed by atoms with Crippen LogP contribution in [0.5, 0.6) is 0 Å². The highest BCUT2D eigenvalue weighted by Gasteiger charge is 2.39. The second-order valence-corrected chi connectivity index (χ2v) is 9.65. The van der Waals surface area contributed by atoms with Crippen LogP contribution in [0.4, 0.5) is 0 Å². The SMILES string of the molecule is CCCC(OC)[Si](C)(c1ccccc1)c1ccccc1. The van der Waals surface area contributed by atoms with Gasteiger partial charge in [0.05, 0.1) is 5.73 Å². The lowest BCUT2D eigenvalue weighted by Gasteiger charge is -2.36. The van der Waals surface area contributed by atoms with Gasteiger partial charge in [0.25, 0.3) is 0 Å². The third kappa shape index (κ3) is 2.86. The summed E-state index contributed by atoms with van der Waals surface area (Å²) in [5.74, 6) is 0. The highest BCUT2D eigenvalue weighted by Crippen LogP contribution is 2.17. The first-order valence-corrected chi connectivity index (χ1v) is 9.95. The van der Waals surface area contributed by atoms with Crippen LogP contribution in [0.15, 0.2) is 60.7 Å². The monoisotopic (exact) mass is 284 g/mol. The van der Waals surface area contributed by atoms with E-state index in [-0.39, 0.29) is 0 Å². The van der Waals surface area contributed by atoms with E-state index in [1.807, 2.05) is 7.11 Å². The molecule has 0 aromatic heterocycles. The van der Waals surface area contributed by atoms with Crippen molar-refractivity contribution in [3.63, 3.8) is 0 Å². The molecule has 0 N–H and O–H groups in total. The minimum Gasteiger partial charge on any atom is -0.384 e. The average Bonchev–Trinajstić information content (AvgIpc) is 2.53. The van der Waals surface area contributed by atoms with Crippen LogP contribution in [-0.2, 0) is 4.74 Å². The van der Waals surface area contributed by atoms with Crippen LogP contribution in [0.3, 0.4) is 0 Å². The van der Waals surface area contributed by atoms with Gasteiger partial charge in [0.1, 0.15) is 8.07 Å². The lowest BCUT2D eigenvalue weighted by molar-refractivity contribution is 0.151. The molecule has 20 heavy (non-hydrogen) atoms. The predicted molar refractivity (Wildman–Crippen MR) is 89.5 cm³/mol. The first-order valence-electron chi connectivity index (χ1n) is 7.37. The molecule has 0 aliphatic heterocycles. The normalized spacial score (nSPS) is 13.2. The van der Waals surface area contributed by atoms with Crippen molar-refractivity contribution < 1.29 is 4.74 Å². The standard InChI is InChI=1S/C18H24OSi/c1-4-11-18(19-2)20(3,16-12-7-5-8-13-16)17-14-9-6-10-15-17/h5-10,12-15,18H,4,11H2,1-3H3. The highest BCUT2D eigenvalue weighted by molar-refractivity contribution is 7.02. The Morgan fingerprint density at radius 1 is 0.900 bits per heavy atom. The predicted octanol–water partition coefficient (Wildman–Crippen LogP) is 3.23. The van der Waals surface area contributed by atoms with E-state index in [4.69, 9.17) is 4.74 Å². The molecule has 106 valence electrons. The zero-order valence-electron chi connectivity index (χ0n) is 12.7. The van der Waals surface area contributed by atoms with E-state index in [1.54, 1.807) is 0 Å². The molecule has 0 saturated heterocycles. The average molecular weight is 284 g/mol. The zero-order valence-corrected chi connectivity index (χ0v) is 13.7. The fraction of sp³-hybridized carbons (Fsp3) is 0.333. The Morgan fingerprint density at radius 2 is 1.35 bits per heavy atom. The van der Waals surface area contributed by atoms with Crippen molar-refractivity contribution >= 4 is 18.4 Å². The van der Waals surface area contributed by atoms with Gasteiger partial charge in [-0.25, -0.2) is 0 Å². The van der Waals surface area contributed by atoms with Crippen molar-refractivity contribution in [2.24, 2.45) is 0 Å². The van der Waals surface area contributed by atoms with Crippen LogP contribution in [0, 0.1) is 0 Å². The van der Waals surface area contributed by atoms with E-state index < -0.39 is 8.07 Å². The molecule has 1 nitrogen and oxygen atoms in total. The molecule has 1 atom stereocenters. The maximum absolute atomic E-state index is 5.93. The van der Waals surface area contributed by atoms with Gasteiger partial charge in [-0.2, -0.15) is 0 Å². The van der Waals surface area contributed by atoms with Gasteiger partial charge in [-0.1, -0.05) is 90.9 Å². The van der Waals surface area contributed by atoms with Gasteiger partial charge in [0, 0.05) is 7.11 Å². The van der Waals surface area contributed by atoms with E-state index in [0.29, 0.717) is 5.73 Å². The topological polar surface area (TPSA) is 9.23 Å². The van der Waals surface area contributed by atoms with Gasteiger partial charge in [-0.3, -0.25) is 0 Å². The van der Waals surface area contributed by atoms with Gasteiger partial charge in [-0.05, 0) is 6.42 Å². The molecule has 0 fully saturated rings. The third-order valence-electron chi connectivity index (χ3n) is 4.23. The summed E-state index contributed by atoms with van der Waals surface area (Å²) in [6.45, 7) is 4.66. The quantitative estimate of drug-likeness (QED) is 0.740. The number of hydrogen-bond donors (Lipinski definition) is 0. The van der Waals surface area contributed by atoms with Gasteiger partial charge in [0.15, 0.2) is 0 Å². The molecular formula is C18H24OSi. The van der Waals surface area contributed by atoms with E-state index >= 15 is 0 Å². The second-order valence-electron chi connectivity index (χ2n) is 5.45. The van der Waals surface area contributed by atoms with Crippen LogP contribution in [0.1, 0.15) is 19.8 Å². The maximum Gasteiger partial charge on any atom is 0.145 e. The zero-order chi connectivity index (χ0) is 14.4. The van der Waals surface area contributed by atoms with Crippen molar-refractivity contribution in [3.8, 4) is 0 Å². The van der Waals surface area contributed by atoms with E-state index in [9.17, 15) is 0 Å². The largest absolute Gasteiger partial charge is 0.384 e. The maximum atomic E-state index is 5.93. The highest BCUT2D eigenvalue weighted by atomic mass is 28.3. The molecule has 2 rings (SSSR count). The molecule has 0 saturated carbocycles. The van der Waals surface area contributed by atoms with Gasteiger partial charge >= 0.3 is 0 Å². The van der Waals surface area contributed by atoms with E-state index in [1.165, 1.54) is 10.4 Å². The summed E-state index contributed by atoms with van der Waals surface area (Å²) in [4.78, 5) is 0. The minimum atomic E-state index is -1.87. The van der Waals surface area contributed by atoms with Crippen molar-refractivity contribution in [2.45, 2.75) is 32.0 Å². The number of benzene rings is 2. The summed E-state index contributed by atoms with van der Waals surface area (Å²) < 4.78 is 5.93. The van der Waals surface area contributed by atoms with Crippen LogP contribution >= 0.6 is 0 Å². The first-order chi connectivity index (χ1) is 9.73. The molecule has 0 aliphatic carbocycles. The van der Waals surface area contributed by atoms with Gasteiger partial charge in [-0.15, -0.1) is 0 Å². The molecule has 0 heterocycles. The van der Waals surface area contributed by atoms with E-state index in [0.717, 1.165) is 12.8 Å². The summed E-state index contributed by atoms with van der Waals surface area (Å²) in [6.07, 6.45) is 2.27. The molecular weight excluding hydrogens is 260 g/mol. The van der Waals surface area contributed by atoms with Crippen LogP contribution < -0.4 is 10.4 Å². The minimum absolute atomic E-state index is 0.317. The summed E-state index contributed by atoms with van der Waals surface area (Å²) in [5.41, 5.74) is 0.317. The molecule has 0 radical (unpaired) electrons. The molecule has 0 spiro atoms. The van der Waals surface area contributed by atoms with Crippen molar-refractivity contribution in [3.05, 3.63) is 60.7 Å². The summed E-state index contributed by atoms with van der Waals surface area (Å²) >= 11 is 0. The lowest BCUT2D eigenvalue weighted by Crippen LogP contribution is -2.64. The number of rotatable bonds is 6. The smallest absolute Gasteiger partial charge is 0.145 e. The molecule has 0 amide bonds. The Hall–Kier alpha value is -1.38. The van der Waals surface area contributed by atoms with Crippen LogP contribution in [0.2, 0.25) is 6.55 Å². The molecule has 2 aromatic carbocycles. The Morgan fingerprint density at radius 3 is 1.70 bits per heavy atom. The Balaban J connectivity index is 2.54. The summed E-state index contributed by atoms with van der Waals surface area (Å²) in [7, 11) is -0.0157. The van der Waals surface area contributed by atoms with Crippen LogP contribution in [0.25, 0.3) is 0 Å². The number of methoxy groups -OCH3 is 1. The van der Waals surface area contributed by atoms with Gasteiger partial charge in [0.2, 0.25) is 0 Å². The fourth-order valence-corrected chi connectivity index (χ4v) is 7.20. The first kappa shape index (κ1) is 15.0. The molecule has 2 aromatic rings. The molecule has 1 unspecified atom stereocenters. The summed E-state index contributed by atoms with van der Waals surface area (Å²) in [6, 6.07) is 21.8. The lowest BCUT2D eigenvalue weighted by atomic mass is 10.3. The second kappa shape index (κ2) is 6.87. The van der Waals surface area contributed by atoms with Crippen LogP contribution in [-0.4, -0.2) is 20.9 Å². The fourth-order valence-electron chi connectivity index (χ4n) is 3.01. The van der Waals surface area contributed by atoms with Gasteiger partial charge < -0.3 is 4.74 Å². The Kier molecular flexibility index (Phi) is 5.15. The Bertz CT molecular complexity index is 470. The number of ether oxygens (including phenoxy) is 1. The molecule has 0 bridgehead atoms.